The van der Waals surface area contributed by atoms with E-state index in [1.54, 1.807) is 0 Å². The molecule has 1 N–H and O–H groups in total. The maximum atomic E-state index is 4.82. The average molecular weight is 281 g/mol. The Balaban J connectivity index is 1.51. The second-order valence-corrected chi connectivity index (χ2v) is 6.82. The van der Waals surface area contributed by atoms with Gasteiger partial charge in [-0.05, 0) is 37.8 Å². The molecule has 0 amide bonds. The first kappa shape index (κ1) is 13.2. The normalized spacial score (nSPS) is 27.1. The van der Waals surface area contributed by atoms with Crippen LogP contribution in [0.1, 0.15) is 25.5 Å². The van der Waals surface area contributed by atoms with Crippen LogP contribution in [-0.2, 0) is 6.54 Å². The molecule has 110 valence electrons. The van der Waals surface area contributed by atoms with E-state index in [1.165, 1.54) is 23.9 Å². The van der Waals surface area contributed by atoms with E-state index in [2.05, 4.69) is 53.5 Å². The van der Waals surface area contributed by atoms with Crippen LogP contribution in [-0.4, -0.2) is 35.1 Å². The molecule has 2 heterocycles. The Hall–Kier alpha value is -1.45. The smallest absolute Gasteiger partial charge is 0.0705 e. The molecule has 1 aromatic carbocycles. The first-order valence-corrected chi connectivity index (χ1v) is 8.05. The standard InChI is InChI=1S/C18H23N3/c1-18(15-7-8-15)13-21(11-10-19-18)12-16-9-6-14-4-2-3-5-17(14)20-16/h2-6,9,15,19H,7-8,10-13H2,1H3. The van der Waals surface area contributed by atoms with Crippen molar-refractivity contribution in [2.24, 2.45) is 5.92 Å². The molecule has 0 spiro atoms. The van der Waals surface area contributed by atoms with E-state index >= 15 is 0 Å². The van der Waals surface area contributed by atoms with E-state index in [0.29, 0.717) is 5.54 Å². The maximum Gasteiger partial charge on any atom is 0.0705 e. The number of fused-ring (bicyclic) bond motifs is 1. The number of benzene rings is 1. The molecule has 0 bridgehead atoms. The Labute approximate surface area is 126 Å². The number of piperazine rings is 1. The van der Waals surface area contributed by atoms with E-state index in [4.69, 9.17) is 4.98 Å². The summed E-state index contributed by atoms with van der Waals surface area (Å²) < 4.78 is 0. The van der Waals surface area contributed by atoms with Gasteiger partial charge in [-0.1, -0.05) is 24.3 Å². The van der Waals surface area contributed by atoms with Gasteiger partial charge >= 0.3 is 0 Å². The van der Waals surface area contributed by atoms with Gasteiger partial charge in [0.25, 0.3) is 0 Å². The third-order valence-electron chi connectivity index (χ3n) is 5.03. The van der Waals surface area contributed by atoms with Crippen molar-refractivity contribution < 1.29 is 0 Å². The zero-order chi connectivity index (χ0) is 14.3. The number of nitrogens with zero attached hydrogens (tertiary/aromatic N) is 2. The molecule has 0 radical (unpaired) electrons. The predicted molar refractivity (Wildman–Crippen MR) is 86.2 cm³/mol. The lowest BCUT2D eigenvalue weighted by atomic mass is 9.93. The number of para-hydroxylation sites is 1. The van der Waals surface area contributed by atoms with Crippen molar-refractivity contribution in [1.82, 2.24) is 15.2 Å². The van der Waals surface area contributed by atoms with Gasteiger partial charge in [-0.2, -0.15) is 0 Å². The lowest BCUT2D eigenvalue weighted by molar-refractivity contribution is 0.120. The maximum absolute atomic E-state index is 4.82. The molecule has 1 aliphatic carbocycles. The highest BCUT2D eigenvalue weighted by Crippen LogP contribution is 2.40. The van der Waals surface area contributed by atoms with Crippen LogP contribution in [0, 0.1) is 5.92 Å². The summed E-state index contributed by atoms with van der Waals surface area (Å²) in [4.78, 5) is 7.38. The van der Waals surface area contributed by atoms with E-state index in [-0.39, 0.29) is 0 Å². The van der Waals surface area contributed by atoms with Crippen LogP contribution in [0.25, 0.3) is 10.9 Å². The molecule has 1 saturated carbocycles. The first-order valence-electron chi connectivity index (χ1n) is 8.05. The van der Waals surface area contributed by atoms with Crippen molar-refractivity contribution in [3.63, 3.8) is 0 Å². The summed E-state index contributed by atoms with van der Waals surface area (Å²) in [5.74, 6) is 0.880. The Morgan fingerprint density at radius 3 is 2.95 bits per heavy atom. The minimum atomic E-state index is 0.315. The van der Waals surface area contributed by atoms with Crippen LogP contribution in [0.5, 0.6) is 0 Å². The Morgan fingerprint density at radius 2 is 2.10 bits per heavy atom. The van der Waals surface area contributed by atoms with Gasteiger partial charge in [0.15, 0.2) is 0 Å². The van der Waals surface area contributed by atoms with Crippen LogP contribution in [0.15, 0.2) is 36.4 Å². The second kappa shape index (κ2) is 5.08. The zero-order valence-electron chi connectivity index (χ0n) is 12.7. The van der Waals surface area contributed by atoms with E-state index < -0.39 is 0 Å². The summed E-state index contributed by atoms with van der Waals surface area (Å²) in [5.41, 5.74) is 2.61. The molecule has 1 saturated heterocycles. The molecule has 2 aliphatic rings. The number of nitrogens with one attached hydrogen (secondary N) is 1. The summed E-state index contributed by atoms with van der Waals surface area (Å²) in [6.07, 6.45) is 2.79. The summed E-state index contributed by atoms with van der Waals surface area (Å²) in [6.45, 7) is 6.73. The van der Waals surface area contributed by atoms with Gasteiger partial charge in [0.05, 0.1) is 11.2 Å². The Kier molecular flexibility index (Phi) is 3.20. The molecule has 2 aromatic rings. The third-order valence-corrected chi connectivity index (χ3v) is 5.03. The van der Waals surface area contributed by atoms with Gasteiger partial charge in [0.1, 0.15) is 0 Å². The lowest BCUT2D eigenvalue weighted by Gasteiger charge is -2.42. The van der Waals surface area contributed by atoms with Gasteiger partial charge in [-0.25, -0.2) is 0 Å². The fourth-order valence-electron chi connectivity index (χ4n) is 3.65. The molecular formula is C18H23N3. The van der Waals surface area contributed by atoms with Crippen LogP contribution in [0.3, 0.4) is 0 Å². The first-order chi connectivity index (χ1) is 10.2. The molecule has 21 heavy (non-hydrogen) atoms. The summed E-state index contributed by atoms with van der Waals surface area (Å²) in [7, 11) is 0. The predicted octanol–water partition coefficient (Wildman–Crippen LogP) is 2.81. The van der Waals surface area contributed by atoms with Crippen molar-refractivity contribution in [1.29, 1.82) is 0 Å². The summed E-state index contributed by atoms with van der Waals surface area (Å²) >= 11 is 0. The lowest BCUT2D eigenvalue weighted by Crippen LogP contribution is -2.59. The Bertz CT molecular complexity index is 650. The number of hydrogen-bond donors (Lipinski definition) is 1. The molecule has 4 rings (SSSR count). The van der Waals surface area contributed by atoms with Crippen LogP contribution in [0.4, 0.5) is 0 Å². The highest BCUT2D eigenvalue weighted by Gasteiger charge is 2.43. The monoisotopic (exact) mass is 281 g/mol. The minimum Gasteiger partial charge on any atom is -0.309 e. The van der Waals surface area contributed by atoms with Crippen molar-refractivity contribution in [3.8, 4) is 0 Å². The van der Waals surface area contributed by atoms with Crippen molar-refractivity contribution in [2.45, 2.75) is 31.8 Å². The highest BCUT2D eigenvalue weighted by atomic mass is 15.2. The minimum absolute atomic E-state index is 0.315. The number of rotatable bonds is 3. The van der Waals surface area contributed by atoms with Gasteiger partial charge < -0.3 is 5.32 Å². The average Bonchev–Trinajstić information content (AvgIpc) is 3.32. The van der Waals surface area contributed by atoms with Crippen LogP contribution in [0.2, 0.25) is 0 Å². The third kappa shape index (κ3) is 2.68. The Morgan fingerprint density at radius 1 is 1.24 bits per heavy atom. The molecular weight excluding hydrogens is 258 g/mol. The quantitative estimate of drug-likeness (QED) is 0.937. The molecule has 1 unspecified atom stereocenters. The van der Waals surface area contributed by atoms with Crippen molar-refractivity contribution in [3.05, 3.63) is 42.1 Å². The van der Waals surface area contributed by atoms with Gasteiger partial charge in [-0.3, -0.25) is 9.88 Å². The van der Waals surface area contributed by atoms with Gasteiger partial charge in [0.2, 0.25) is 0 Å². The largest absolute Gasteiger partial charge is 0.309 e. The SMILES string of the molecule is CC1(C2CC2)CN(Cc2ccc3ccccc3n2)CCN1. The molecule has 1 aliphatic heterocycles. The molecule has 2 fully saturated rings. The van der Waals surface area contributed by atoms with Crippen molar-refractivity contribution in [2.75, 3.05) is 19.6 Å². The van der Waals surface area contributed by atoms with Gasteiger partial charge in [-0.15, -0.1) is 0 Å². The molecule has 1 aromatic heterocycles. The van der Waals surface area contributed by atoms with E-state index in [9.17, 15) is 0 Å². The molecule has 3 nitrogen and oxygen atoms in total. The second-order valence-electron chi connectivity index (χ2n) is 6.82. The topological polar surface area (TPSA) is 28.2 Å². The van der Waals surface area contributed by atoms with Crippen molar-refractivity contribution >= 4 is 10.9 Å². The molecule has 3 heteroatoms. The molecule has 1 atom stereocenters. The highest BCUT2D eigenvalue weighted by molar-refractivity contribution is 5.78. The van der Waals surface area contributed by atoms with Crippen LogP contribution >= 0.6 is 0 Å². The summed E-state index contributed by atoms with van der Waals surface area (Å²) in [5, 5.41) is 4.97. The fourth-order valence-corrected chi connectivity index (χ4v) is 3.65. The summed E-state index contributed by atoms with van der Waals surface area (Å²) in [6, 6.07) is 12.7. The van der Waals surface area contributed by atoms with E-state index in [0.717, 1.165) is 37.6 Å². The fraction of sp³-hybridized carbons (Fsp3) is 0.500. The van der Waals surface area contributed by atoms with E-state index in [1.807, 2.05) is 0 Å². The number of aromatic nitrogens is 1. The number of pyridine rings is 1. The zero-order valence-corrected chi connectivity index (χ0v) is 12.7. The number of hydrogen-bond acceptors (Lipinski definition) is 3. The van der Waals surface area contributed by atoms with Crippen LogP contribution < -0.4 is 5.32 Å². The van der Waals surface area contributed by atoms with Gasteiger partial charge in [0, 0.05) is 37.1 Å².